The van der Waals surface area contributed by atoms with Crippen molar-refractivity contribution in [2.75, 3.05) is 19.6 Å². The molecule has 0 spiro atoms. The minimum absolute atomic E-state index is 0. The van der Waals surface area contributed by atoms with Crippen molar-refractivity contribution in [3.05, 3.63) is 0 Å². The largest absolute Gasteiger partial charge is 0.352 e. The lowest BCUT2D eigenvalue weighted by atomic mass is 10.4. The van der Waals surface area contributed by atoms with Crippen LogP contribution >= 0.6 is 12.4 Å². The van der Waals surface area contributed by atoms with Crippen LogP contribution in [0.15, 0.2) is 0 Å². The van der Waals surface area contributed by atoms with E-state index in [-0.39, 0.29) is 30.8 Å². The van der Waals surface area contributed by atoms with Crippen LogP contribution in [0.2, 0.25) is 0 Å². The molecule has 0 aromatic carbocycles. The molecule has 0 aromatic rings. The topological polar surface area (TPSA) is 70.2 Å². The summed E-state index contributed by atoms with van der Waals surface area (Å²) in [4.78, 5) is 22.5. The van der Waals surface area contributed by atoms with E-state index in [4.69, 9.17) is 0 Å². The second-order valence-corrected chi connectivity index (χ2v) is 4.69. The van der Waals surface area contributed by atoms with Crippen LogP contribution in [-0.2, 0) is 9.59 Å². The fraction of sp³-hybridized carbons (Fsp3) is 0.818. The molecule has 2 fully saturated rings. The number of rotatable bonds is 7. The minimum atomic E-state index is -0.105. The van der Waals surface area contributed by atoms with Gasteiger partial charge in [-0.25, -0.2) is 0 Å². The number of carbonyl (C=O) groups is 2. The Morgan fingerprint density at radius 3 is 2.29 bits per heavy atom. The van der Waals surface area contributed by atoms with E-state index in [1.54, 1.807) is 0 Å². The average Bonchev–Trinajstić information content (AvgIpc) is 3.08. The summed E-state index contributed by atoms with van der Waals surface area (Å²) in [5.74, 6) is 0.579. The Morgan fingerprint density at radius 2 is 1.71 bits per heavy atom. The third-order valence-electron chi connectivity index (χ3n) is 2.80. The van der Waals surface area contributed by atoms with Gasteiger partial charge >= 0.3 is 0 Å². The van der Waals surface area contributed by atoms with Crippen molar-refractivity contribution in [2.24, 2.45) is 5.92 Å². The van der Waals surface area contributed by atoms with Gasteiger partial charge in [-0.1, -0.05) is 0 Å². The normalized spacial score (nSPS) is 18.1. The Labute approximate surface area is 108 Å². The Balaban J connectivity index is 0.00000144. The maximum absolute atomic E-state index is 11.3. The van der Waals surface area contributed by atoms with Gasteiger partial charge in [0.25, 0.3) is 0 Å². The zero-order valence-corrected chi connectivity index (χ0v) is 10.6. The van der Waals surface area contributed by atoms with Gasteiger partial charge in [-0.15, -0.1) is 12.4 Å². The van der Waals surface area contributed by atoms with Crippen LogP contribution in [0.5, 0.6) is 0 Å². The number of amides is 2. The summed E-state index contributed by atoms with van der Waals surface area (Å²) in [6, 6.07) is 0.359. The number of nitrogens with one attached hydrogen (secondary N) is 3. The number of carbonyl (C=O) groups excluding carboxylic acids is 2. The summed E-state index contributed by atoms with van der Waals surface area (Å²) in [5, 5.41) is 8.50. The molecule has 98 valence electrons. The SMILES string of the molecule is Cl.O=C(CNCC1CC1)NCC(=O)NC1CC1. The van der Waals surface area contributed by atoms with Gasteiger partial charge in [-0.2, -0.15) is 0 Å². The highest BCUT2D eigenvalue weighted by atomic mass is 35.5. The van der Waals surface area contributed by atoms with Crippen LogP contribution in [0.25, 0.3) is 0 Å². The quantitative estimate of drug-likeness (QED) is 0.595. The van der Waals surface area contributed by atoms with Crippen LogP contribution in [-0.4, -0.2) is 37.5 Å². The van der Waals surface area contributed by atoms with Gasteiger partial charge in [0.2, 0.25) is 11.8 Å². The van der Waals surface area contributed by atoms with Gasteiger partial charge in [0.1, 0.15) is 0 Å². The van der Waals surface area contributed by atoms with E-state index in [2.05, 4.69) is 16.0 Å². The van der Waals surface area contributed by atoms with Crippen molar-refractivity contribution >= 4 is 24.2 Å². The molecule has 6 heteroatoms. The maximum Gasteiger partial charge on any atom is 0.239 e. The summed E-state index contributed by atoms with van der Waals surface area (Å²) >= 11 is 0. The van der Waals surface area contributed by atoms with Crippen molar-refractivity contribution in [3.8, 4) is 0 Å². The summed E-state index contributed by atoms with van der Waals surface area (Å²) in [6.07, 6.45) is 4.70. The molecule has 0 heterocycles. The monoisotopic (exact) mass is 261 g/mol. The highest BCUT2D eigenvalue weighted by molar-refractivity contribution is 5.86. The number of hydrogen-bond acceptors (Lipinski definition) is 3. The highest BCUT2D eigenvalue weighted by Crippen LogP contribution is 2.27. The standard InChI is InChI=1S/C11H19N3O2.ClH/c15-10(6-12-5-8-1-2-8)13-7-11(16)14-9-3-4-9;/h8-9,12H,1-7H2,(H,13,15)(H,14,16);1H. The Kier molecular flexibility index (Phi) is 5.71. The van der Waals surface area contributed by atoms with Gasteiger partial charge in [-0.3, -0.25) is 9.59 Å². The van der Waals surface area contributed by atoms with Gasteiger partial charge in [0.15, 0.2) is 0 Å². The number of halogens is 1. The first-order valence-corrected chi connectivity index (χ1v) is 6.01. The fourth-order valence-corrected chi connectivity index (χ4v) is 1.46. The molecule has 5 nitrogen and oxygen atoms in total. The molecule has 17 heavy (non-hydrogen) atoms. The van der Waals surface area contributed by atoms with E-state index in [0.29, 0.717) is 12.6 Å². The lowest BCUT2D eigenvalue weighted by molar-refractivity contribution is -0.125. The molecule has 0 unspecified atom stereocenters. The lowest BCUT2D eigenvalue weighted by Crippen LogP contribution is -2.41. The second-order valence-electron chi connectivity index (χ2n) is 4.69. The van der Waals surface area contributed by atoms with E-state index >= 15 is 0 Å². The number of hydrogen-bond donors (Lipinski definition) is 3. The predicted octanol–water partition coefficient (Wildman–Crippen LogP) is -0.197. The Hall–Kier alpha value is -0.810. The second kappa shape index (κ2) is 6.81. The molecule has 0 aromatic heterocycles. The molecule has 0 radical (unpaired) electrons. The van der Waals surface area contributed by atoms with Crippen LogP contribution in [0.4, 0.5) is 0 Å². The van der Waals surface area contributed by atoms with E-state index in [9.17, 15) is 9.59 Å². The van der Waals surface area contributed by atoms with Crippen LogP contribution in [0.3, 0.4) is 0 Å². The fourth-order valence-electron chi connectivity index (χ4n) is 1.46. The Morgan fingerprint density at radius 1 is 1.00 bits per heavy atom. The first-order valence-electron chi connectivity index (χ1n) is 6.01. The Bertz CT molecular complexity index is 278. The molecule has 2 aliphatic rings. The molecule has 2 saturated carbocycles. The van der Waals surface area contributed by atoms with Crippen molar-refractivity contribution in [3.63, 3.8) is 0 Å². The molecule has 0 atom stereocenters. The summed E-state index contributed by atoms with van der Waals surface area (Å²) in [6.45, 7) is 1.33. The zero-order chi connectivity index (χ0) is 11.4. The third kappa shape index (κ3) is 6.48. The molecule has 2 amide bonds. The molecule has 0 aliphatic heterocycles. The first kappa shape index (κ1) is 14.3. The molecular formula is C11H20ClN3O2. The average molecular weight is 262 g/mol. The third-order valence-corrected chi connectivity index (χ3v) is 2.80. The summed E-state index contributed by atoms with van der Waals surface area (Å²) in [5.41, 5.74) is 0. The van der Waals surface area contributed by atoms with Gasteiger partial charge in [-0.05, 0) is 38.1 Å². The first-order chi connectivity index (χ1) is 7.74. The van der Waals surface area contributed by atoms with Crippen molar-refractivity contribution < 1.29 is 9.59 Å². The van der Waals surface area contributed by atoms with Crippen molar-refractivity contribution in [1.82, 2.24) is 16.0 Å². The minimum Gasteiger partial charge on any atom is -0.352 e. The van der Waals surface area contributed by atoms with E-state index < -0.39 is 0 Å². The molecule has 0 bridgehead atoms. The van der Waals surface area contributed by atoms with Gasteiger partial charge < -0.3 is 16.0 Å². The van der Waals surface area contributed by atoms with E-state index in [0.717, 1.165) is 25.3 Å². The maximum atomic E-state index is 11.3. The zero-order valence-electron chi connectivity index (χ0n) is 9.83. The van der Waals surface area contributed by atoms with Gasteiger partial charge in [0.05, 0.1) is 13.1 Å². The summed E-state index contributed by atoms with van der Waals surface area (Å²) < 4.78 is 0. The molecule has 2 aliphatic carbocycles. The molecule has 2 rings (SSSR count). The van der Waals surface area contributed by atoms with E-state index in [1.165, 1.54) is 12.8 Å². The van der Waals surface area contributed by atoms with E-state index in [1.807, 2.05) is 0 Å². The van der Waals surface area contributed by atoms with Gasteiger partial charge in [0, 0.05) is 6.04 Å². The molecule has 0 saturated heterocycles. The van der Waals surface area contributed by atoms with Crippen LogP contribution in [0, 0.1) is 5.92 Å². The smallest absolute Gasteiger partial charge is 0.239 e. The van der Waals surface area contributed by atoms with Crippen LogP contribution < -0.4 is 16.0 Å². The summed E-state index contributed by atoms with van der Waals surface area (Å²) in [7, 11) is 0. The predicted molar refractivity (Wildman–Crippen MR) is 67.0 cm³/mol. The van der Waals surface area contributed by atoms with Crippen LogP contribution in [0.1, 0.15) is 25.7 Å². The molecule has 3 N–H and O–H groups in total. The van der Waals surface area contributed by atoms with Crippen molar-refractivity contribution in [2.45, 2.75) is 31.7 Å². The van der Waals surface area contributed by atoms with Crippen molar-refractivity contribution in [1.29, 1.82) is 0 Å². The molecular weight excluding hydrogens is 242 g/mol. The lowest BCUT2D eigenvalue weighted by Gasteiger charge is -2.06. The highest BCUT2D eigenvalue weighted by Gasteiger charge is 2.23.